The van der Waals surface area contributed by atoms with Crippen molar-refractivity contribution in [2.24, 2.45) is 0 Å². The summed E-state index contributed by atoms with van der Waals surface area (Å²) in [6, 6.07) is 14.0. The van der Waals surface area contributed by atoms with Crippen molar-refractivity contribution in [3.63, 3.8) is 0 Å². The van der Waals surface area contributed by atoms with E-state index in [9.17, 15) is 27.9 Å². The molecule has 0 aliphatic carbocycles. The van der Waals surface area contributed by atoms with Gasteiger partial charge in [0, 0.05) is 37.3 Å². The lowest BCUT2D eigenvalue weighted by Crippen LogP contribution is -2.44. The second-order valence-corrected chi connectivity index (χ2v) is 10.1. The SMILES string of the molecule is CCN(CC)CCN1C(=O)C(O)(c2ccc3ccccc3c2)c2c1cc(C(=O)N1CCOCC1)cc2C(F)(F)F. The number of hydrogen-bond donors (Lipinski definition) is 1. The molecule has 40 heavy (non-hydrogen) atoms. The van der Waals surface area contributed by atoms with E-state index in [1.807, 2.05) is 30.9 Å². The predicted octanol–water partition coefficient (Wildman–Crippen LogP) is 4.26. The zero-order chi connectivity index (χ0) is 28.7. The molecular weight excluding hydrogens is 523 g/mol. The van der Waals surface area contributed by atoms with Crippen molar-refractivity contribution < 1.29 is 32.6 Å². The van der Waals surface area contributed by atoms with Crippen LogP contribution in [0.3, 0.4) is 0 Å². The summed E-state index contributed by atoms with van der Waals surface area (Å²) in [5, 5.41) is 13.6. The Labute approximate surface area is 230 Å². The highest BCUT2D eigenvalue weighted by molar-refractivity contribution is 6.11. The first-order valence-electron chi connectivity index (χ1n) is 13.5. The minimum atomic E-state index is -4.94. The van der Waals surface area contributed by atoms with Crippen LogP contribution in [-0.2, 0) is 21.3 Å². The van der Waals surface area contributed by atoms with Gasteiger partial charge in [0.25, 0.3) is 11.8 Å². The van der Waals surface area contributed by atoms with E-state index in [1.54, 1.807) is 24.3 Å². The Bertz CT molecular complexity index is 1430. The van der Waals surface area contributed by atoms with Crippen molar-refractivity contribution in [2.75, 3.05) is 57.4 Å². The molecule has 1 atom stereocenters. The van der Waals surface area contributed by atoms with E-state index in [2.05, 4.69) is 0 Å². The molecule has 3 aromatic carbocycles. The van der Waals surface area contributed by atoms with Gasteiger partial charge in [0.05, 0.1) is 24.5 Å². The molecular formula is C30H32F3N3O4. The summed E-state index contributed by atoms with van der Waals surface area (Å²) in [5.74, 6) is -1.44. The van der Waals surface area contributed by atoms with Crippen LogP contribution in [0.15, 0.2) is 54.6 Å². The Balaban J connectivity index is 1.71. The normalized spacial score (nSPS) is 19.5. The number of fused-ring (bicyclic) bond motifs is 2. The predicted molar refractivity (Wildman–Crippen MR) is 145 cm³/mol. The van der Waals surface area contributed by atoms with Crippen LogP contribution in [-0.4, -0.2) is 79.2 Å². The number of aliphatic hydroxyl groups is 1. The fourth-order valence-electron chi connectivity index (χ4n) is 5.61. The number of halogens is 3. The van der Waals surface area contributed by atoms with Crippen molar-refractivity contribution >= 4 is 28.3 Å². The quantitative estimate of drug-likeness (QED) is 0.472. The number of carbonyl (C=O) groups excluding carboxylic acids is 2. The lowest BCUT2D eigenvalue weighted by atomic mass is 9.83. The topological polar surface area (TPSA) is 73.3 Å². The number of amides is 2. The lowest BCUT2D eigenvalue weighted by Gasteiger charge is -2.28. The molecule has 5 rings (SSSR count). The number of hydrogen-bond acceptors (Lipinski definition) is 5. The van der Waals surface area contributed by atoms with Crippen LogP contribution in [0.2, 0.25) is 0 Å². The molecule has 1 fully saturated rings. The molecule has 2 aliphatic heterocycles. The van der Waals surface area contributed by atoms with Crippen LogP contribution in [0.5, 0.6) is 0 Å². The van der Waals surface area contributed by atoms with Gasteiger partial charge in [-0.3, -0.25) is 9.59 Å². The zero-order valence-electron chi connectivity index (χ0n) is 22.5. The van der Waals surface area contributed by atoms with Crippen LogP contribution >= 0.6 is 0 Å². The summed E-state index contributed by atoms with van der Waals surface area (Å²) >= 11 is 0. The van der Waals surface area contributed by atoms with Gasteiger partial charge in [0.2, 0.25) is 0 Å². The van der Waals surface area contributed by atoms with E-state index < -0.39 is 34.7 Å². The average Bonchev–Trinajstić information content (AvgIpc) is 3.18. The zero-order valence-corrected chi connectivity index (χ0v) is 22.5. The monoisotopic (exact) mass is 555 g/mol. The molecule has 0 aromatic heterocycles. The van der Waals surface area contributed by atoms with E-state index in [0.29, 0.717) is 38.2 Å². The van der Waals surface area contributed by atoms with Gasteiger partial charge in [0.15, 0.2) is 5.60 Å². The van der Waals surface area contributed by atoms with Crippen molar-refractivity contribution in [3.05, 3.63) is 76.9 Å². The molecule has 0 radical (unpaired) electrons. The molecule has 0 spiro atoms. The number of morpholine rings is 1. The van der Waals surface area contributed by atoms with Gasteiger partial charge in [-0.1, -0.05) is 50.2 Å². The summed E-state index contributed by atoms with van der Waals surface area (Å²) in [7, 11) is 0. The van der Waals surface area contributed by atoms with Gasteiger partial charge in [-0.2, -0.15) is 13.2 Å². The van der Waals surface area contributed by atoms with Gasteiger partial charge in [0.1, 0.15) is 0 Å². The Morgan fingerprint density at radius 2 is 1.70 bits per heavy atom. The molecule has 1 N–H and O–H groups in total. The van der Waals surface area contributed by atoms with Crippen LogP contribution in [0.1, 0.15) is 40.9 Å². The second kappa shape index (κ2) is 10.8. The van der Waals surface area contributed by atoms with Gasteiger partial charge in [-0.15, -0.1) is 0 Å². The minimum absolute atomic E-state index is 0.0422. The van der Waals surface area contributed by atoms with Gasteiger partial charge in [-0.25, -0.2) is 0 Å². The molecule has 3 aromatic rings. The summed E-state index contributed by atoms with van der Waals surface area (Å²) in [4.78, 5) is 32.1. The second-order valence-electron chi connectivity index (χ2n) is 10.1. The Morgan fingerprint density at radius 3 is 2.35 bits per heavy atom. The number of likely N-dealkylation sites (N-methyl/N-ethyl adjacent to an activating group) is 1. The van der Waals surface area contributed by atoms with Crippen LogP contribution in [0.4, 0.5) is 18.9 Å². The molecule has 1 unspecified atom stereocenters. The highest BCUT2D eigenvalue weighted by Crippen LogP contribution is 2.51. The van der Waals surface area contributed by atoms with Crippen LogP contribution in [0, 0.1) is 0 Å². The van der Waals surface area contributed by atoms with Crippen molar-refractivity contribution in [1.29, 1.82) is 0 Å². The molecule has 10 heteroatoms. The van der Waals surface area contributed by atoms with Crippen molar-refractivity contribution in [1.82, 2.24) is 9.80 Å². The molecule has 7 nitrogen and oxygen atoms in total. The lowest BCUT2D eigenvalue weighted by molar-refractivity contribution is -0.142. The number of alkyl halides is 3. The highest BCUT2D eigenvalue weighted by Gasteiger charge is 2.56. The minimum Gasteiger partial charge on any atom is -0.378 e. The summed E-state index contributed by atoms with van der Waals surface area (Å²) < 4.78 is 49.5. The number of rotatable bonds is 7. The standard InChI is InChI=1S/C30H32F3N3O4/c1-3-34(4-2)11-12-36-25-19-22(27(37)35-13-15-40-16-14-35)18-24(30(31,32)33)26(25)29(39,28(36)38)23-10-9-20-7-5-6-8-21(20)17-23/h5-10,17-19,39H,3-4,11-16H2,1-2H3. The molecule has 2 heterocycles. The largest absolute Gasteiger partial charge is 0.416 e. The number of nitrogens with zero attached hydrogens (tertiary/aromatic N) is 3. The average molecular weight is 556 g/mol. The Hall–Kier alpha value is -3.47. The summed E-state index contributed by atoms with van der Waals surface area (Å²) in [6.07, 6.45) is -4.94. The maximum Gasteiger partial charge on any atom is 0.416 e. The number of carbonyl (C=O) groups is 2. The maximum absolute atomic E-state index is 14.7. The van der Waals surface area contributed by atoms with E-state index in [-0.39, 0.29) is 36.4 Å². The number of anilines is 1. The summed E-state index contributed by atoms with van der Waals surface area (Å²) in [5.41, 5.74) is -4.57. The summed E-state index contributed by atoms with van der Waals surface area (Å²) in [6.45, 7) is 6.80. The first kappa shape index (κ1) is 28.1. The van der Waals surface area contributed by atoms with E-state index in [1.165, 1.54) is 21.9 Å². The highest BCUT2D eigenvalue weighted by atomic mass is 19.4. The van der Waals surface area contributed by atoms with E-state index in [0.717, 1.165) is 11.5 Å². The molecule has 212 valence electrons. The molecule has 1 saturated heterocycles. The smallest absolute Gasteiger partial charge is 0.378 e. The molecule has 2 aliphatic rings. The Morgan fingerprint density at radius 1 is 1.02 bits per heavy atom. The number of benzene rings is 3. The maximum atomic E-state index is 14.7. The Kier molecular flexibility index (Phi) is 7.60. The fourth-order valence-corrected chi connectivity index (χ4v) is 5.61. The van der Waals surface area contributed by atoms with Crippen molar-refractivity contribution in [3.8, 4) is 0 Å². The van der Waals surface area contributed by atoms with Crippen molar-refractivity contribution in [2.45, 2.75) is 25.6 Å². The first-order chi connectivity index (χ1) is 19.1. The third kappa shape index (κ3) is 4.84. The molecule has 2 amide bonds. The van der Waals surface area contributed by atoms with Crippen LogP contribution in [0.25, 0.3) is 10.8 Å². The van der Waals surface area contributed by atoms with E-state index >= 15 is 0 Å². The fraction of sp³-hybridized carbons (Fsp3) is 0.400. The van der Waals surface area contributed by atoms with E-state index in [4.69, 9.17) is 4.74 Å². The number of ether oxygens (including phenoxy) is 1. The molecule has 0 bridgehead atoms. The van der Waals surface area contributed by atoms with Gasteiger partial charge in [-0.05, 0) is 47.6 Å². The first-order valence-corrected chi connectivity index (χ1v) is 13.5. The molecule has 0 saturated carbocycles. The third-order valence-corrected chi connectivity index (χ3v) is 7.88. The van der Waals surface area contributed by atoms with Crippen LogP contribution < -0.4 is 4.90 Å². The van der Waals surface area contributed by atoms with Gasteiger partial charge >= 0.3 is 6.18 Å². The van der Waals surface area contributed by atoms with Gasteiger partial charge < -0.3 is 24.5 Å². The third-order valence-electron chi connectivity index (χ3n) is 7.88.